The van der Waals surface area contributed by atoms with Gasteiger partial charge in [0, 0.05) is 12.5 Å². The molecule has 2 rings (SSSR count). The number of methoxy groups -OCH3 is 1. The SMILES string of the molecule is CCOc1ccc(C(=O)NNC(=O)/C(=C/c2ccccc2)NC(C)=O)cc1OC. The van der Waals surface area contributed by atoms with Crippen molar-refractivity contribution in [2.45, 2.75) is 13.8 Å². The van der Waals surface area contributed by atoms with Gasteiger partial charge in [0.15, 0.2) is 11.5 Å². The minimum Gasteiger partial charge on any atom is -0.493 e. The predicted octanol–water partition coefficient (Wildman–Crippen LogP) is 2.03. The summed E-state index contributed by atoms with van der Waals surface area (Å²) >= 11 is 0. The molecule has 0 aromatic heterocycles. The molecule has 2 aromatic carbocycles. The molecule has 0 aliphatic heterocycles. The molecule has 3 N–H and O–H groups in total. The minimum atomic E-state index is -0.671. The summed E-state index contributed by atoms with van der Waals surface area (Å²) in [5.41, 5.74) is 5.58. The second-order valence-electron chi connectivity index (χ2n) is 5.86. The third kappa shape index (κ3) is 6.39. The van der Waals surface area contributed by atoms with Gasteiger partial charge in [0.1, 0.15) is 5.70 Å². The van der Waals surface area contributed by atoms with Gasteiger partial charge in [-0.05, 0) is 36.8 Å². The summed E-state index contributed by atoms with van der Waals surface area (Å²) < 4.78 is 10.6. The molecule has 0 fully saturated rings. The van der Waals surface area contributed by atoms with Crippen molar-refractivity contribution in [1.82, 2.24) is 16.2 Å². The van der Waals surface area contributed by atoms with Crippen LogP contribution in [0.25, 0.3) is 6.08 Å². The van der Waals surface area contributed by atoms with E-state index in [1.807, 2.05) is 13.0 Å². The smallest absolute Gasteiger partial charge is 0.286 e. The maximum absolute atomic E-state index is 12.4. The average Bonchev–Trinajstić information content (AvgIpc) is 2.72. The molecule has 0 saturated heterocycles. The quantitative estimate of drug-likeness (QED) is 0.490. The summed E-state index contributed by atoms with van der Waals surface area (Å²) in [6, 6.07) is 13.6. The zero-order valence-electron chi connectivity index (χ0n) is 16.4. The molecule has 3 amide bonds. The number of hydrogen-bond donors (Lipinski definition) is 3. The normalized spacial score (nSPS) is 10.7. The topological polar surface area (TPSA) is 106 Å². The summed E-state index contributed by atoms with van der Waals surface area (Å²) in [5, 5.41) is 2.45. The fourth-order valence-electron chi connectivity index (χ4n) is 2.40. The van der Waals surface area contributed by atoms with E-state index in [4.69, 9.17) is 9.47 Å². The minimum absolute atomic E-state index is 0.00623. The summed E-state index contributed by atoms with van der Waals surface area (Å²) in [4.78, 5) is 36.2. The summed E-state index contributed by atoms with van der Waals surface area (Å²) in [7, 11) is 1.47. The first-order valence-corrected chi connectivity index (χ1v) is 8.90. The molecule has 0 aliphatic rings. The largest absolute Gasteiger partial charge is 0.493 e. The highest BCUT2D eigenvalue weighted by Gasteiger charge is 2.15. The zero-order valence-corrected chi connectivity index (χ0v) is 16.4. The second-order valence-corrected chi connectivity index (χ2v) is 5.86. The lowest BCUT2D eigenvalue weighted by molar-refractivity contribution is -0.122. The fraction of sp³-hybridized carbons (Fsp3) is 0.190. The number of rotatable bonds is 7. The highest BCUT2D eigenvalue weighted by Crippen LogP contribution is 2.27. The van der Waals surface area contributed by atoms with Crippen molar-refractivity contribution < 1.29 is 23.9 Å². The Morgan fingerprint density at radius 1 is 1.00 bits per heavy atom. The van der Waals surface area contributed by atoms with Crippen LogP contribution in [-0.2, 0) is 9.59 Å². The van der Waals surface area contributed by atoms with Crippen molar-refractivity contribution in [3.8, 4) is 11.5 Å². The van der Waals surface area contributed by atoms with Crippen LogP contribution >= 0.6 is 0 Å². The Kier molecular flexibility index (Phi) is 7.78. The lowest BCUT2D eigenvalue weighted by Gasteiger charge is -2.13. The van der Waals surface area contributed by atoms with E-state index in [0.717, 1.165) is 0 Å². The van der Waals surface area contributed by atoms with Crippen LogP contribution in [0.4, 0.5) is 0 Å². The van der Waals surface area contributed by atoms with E-state index in [1.165, 1.54) is 26.2 Å². The molecule has 29 heavy (non-hydrogen) atoms. The highest BCUT2D eigenvalue weighted by atomic mass is 16.5. The van der Waals surface area contributed by atoms with E-state index in [2.05, 4.69) is 16.2 Å². The Hall–Kier alpha value is -3.81. The van der Waals surface area contributed by atoms with Crippen molar-refractivity contribution in [2.75, 3.05) is 13.7 Å². The van der Waals surface area contributed by atoms with Gasteiger partial charge in [0.05, 0.1) is 13.7 Å². The average molecular weight is 397 g/mol. The van der Waals surface area contributed by atoms with Gasteiger partial charge in [0.25, 0.3) is 11.8 Å². The van der Waals surface area contributed by atoms with Crippen LogP contribution in [-0.4, -0.2) is 31.4 Å². The first-order chi connectivity index (χ1) is 13.9. The monoisotopic (exact) mass is 397 g/mol. The molecular weight excluding hydrogens is 374 g/mol. The Morgan fingerprint density at radius 2 is 1.72 bits per heavy atom. The third-order valence-electron chi connectivity index (χ3n) is 3.68. The Balaban J connectivity index is 2.10. The number of nitrogens with one attached hydrogen (secondary N) is 3. The molecule has 2 aromatic rings. The van der Waals surface area contributed by atoms with Crippen LogP contribution in [0.1, 0.15) is 29.8 Å². The first-order valence-electron chi connectivity index (χ1n) is 8.90. The van der Waals surface area contributed by atoms with E-state index >= 15 is 0 Å². The van der Waals surface area contributed by atoms with Gasteiger partial charge in [-0.15, -0.1) is 0 Å². The van der Waals surface area contributed by atoms with Gasteiger partial charge >= 0.3 is 0 Å². The molecule has 0 radical (unpaired) electrons. The maximum atomic E-state index is 12.4. The molecule has 0 aliphatic carbocycles. The Labute approximate surface area is 168 Å². The summed E-state index contributed by atoms with van der Waals surface area (Å²) in [6.45, 7) is 3.58. The highest BCUT2D eigenvalue weighted by molar-refractivity contribution is 6.03. The molecule has 0 heterocycles. The number of carbonyl (C=O) groups excluding carboxylic acids is 3. The van der Waals surface area contributed by atoms with Gasteiger partial charge in [-0.2, -0.15) is 0 Å². The Morgan fingerprint density at radius 3 is 2.34 bits per heavy atom. The van der Waals surface area contributed by atoms with Crippen LogP contribution in [0.5, 0.6) is 11.5 Å². The molecule has 0 unspecified atom stereocenters. The van der Waals surface area contributed by atoms with Crippen molar-refractivity contribution in [1.29, 1.82) is 0 Å². The van der Waals surface area contributed by atoms with Crippen molar-refractivity contribution in [2.24, 2.45) is 0 Å². The molecular formula is C21H23N3O5. The van der Waals surface area contributed by atoms with E-state index < -0.39 is 17.7 Å². The lowest BCUT2D eigenvalue weighted by Crippen LogP contribution is -2.45. The van der Waals surface area contributed by atoms with Crippen LogP contribution in [0, 0.1) is 0 Å². The number of amides is 3. The van der Waals surface area contributed by atoms with Gasteiger partial charge < -0.3 is 14.8 Å². The number of carbonyl (C=O) groups is 3. The van der Waals surface area contributed by atoms with Gasteiger partial charge in [0.2, 0.25) is 5.91 Å². The van der Waals surface area contributed by atoms with Crippen LogP contribution in [0.15, 0.2) is 54.2 Å². The predicted molar refractivity (Wildman–Crippen MR) is 108 cm³/mol. The van der Waals surface area contributed by atoms with Crippen LogP contribution in [0.3, 0.4) is 0 Å². The van der Waals surface area contributed by atoms with Crippen LogP contribution < -0.4 is 25.6 Å². The molecule has 0 spiro atoms. The summed E-state index contributed by atoms with van der Waals surface area (Å²) in [6.07, 6.45) is 1.50. The molecule has 8 nitrogen and oxygen atoms in total. The van der Waals surface area contributed by atoms with Gasteiger partial charge in [-0.1, -0.05) is 30.3 Å². The third-order valence-corrected chi connectivity index (χ3v) is 3.68. The molecule has 8 heteroatoms. The number of hydrogen-bond acceptors (Lipinski definition) is 5. The number of hydrazine groups is 1. The number of ether oxygens (including phenoxy) is 2. The zero-order chi connectivity index (χ0) is 21.2. The van der Waals surface area contributed by atoms with E-state index in [1.54, 1.807) is 36.4 Å². The standard InChI is InChI=1S/C21H23N3O5/c1-4-29-18-11-10-16(13-19(18)28-3)20(26)23-24-21(27)17(22-14(2)25)12-15-8-6-5-7-9-15/h5-13H,4H2,1-3H3,(H,22,25)(H,23,26)(H,24,27)/b17-12-. The van der Waals surface area contributed by atoms with Gasteiger partial charge in [-0.25, -0.2) is 0 Å². The van der Waals surface area contributed by atoms with Crippen LogP contribution in [0.2, 0.25) is 0 Å². The van der Waals surface area contributed by atoms with Gasteiger partial charge in [-0.3, -0.25) is 25.2 Å². The van der Waals surface area contributed by atoms with Crippen molar-refractivity contribution in [3.63, 3.8) is 0 Å². The first kappa shape index (κ1) is 21.5. The van der Waals surface area contributed by atoms with Crippen molar-refractivity contribution in [3.05, 3.63) is 65.4 Å². The maximum Gasteiger partial charge on any atom is 0.286 e. The number of benzene rings is 2. The van der Waals surface area contributed by atoms with Crippen molar-refractivity contribution >= 4 is 23.8 Å². The molecule has 152 valence electrons. The van der Waals surface area contributed by atoms with E-state index in [-0.39, 0.29) is 11.3 Å². The molecule has 0 atom stereocenters. The Bertz CT molecular complexity index is 910. The molecule has 0 saturated carbocycles. The lowest BCUT2D eigenvalue weighted by atomic mass is 10.2. The second kappa shape index (κ2) is 10.5. The van der Waals surface area contributed by atoms with E-state index in [0.29, 0.717) is 23.7 Å². The van der Waals surface area contributed by atoms with E-state index in [9.17, 15) is 14.4 Å². The summed E-state index contributed by atoms with van der Waals surface area (Å²) in [5.74, 6) is -0.732. The molecule has 0 bridgehead atoms. The fourth-order valence-corrected chi connectivity index (χ4v) is 2.40.